The highest BCUT2D eigenvalue weighted by Crippen LogP contribution is 2.27. The van der Waals surface area contributed by atoms with Gasteiger partial charge in [-0.05, 0) is 26.2 Å². The topological polar surface area (TPSA) is 112 Å². The zero-order chi connectivity index (χ0) is 21.7. The number of rotatable bonds is 15. The fourth-order valence-corrected chi connectivity index (χ4v) is 7.47. The summed E-state index contributed by atoms with van der Waals surface area (Å²) in [6, 6.07) is 1.66. The minimum absolute atomic E-state index is 0.0738. The first-order chi connectivity index (χ1) is 13.1. The molecular formula is C19H35NO5S3. The Morgan fingerprint density at radius 3 is 1.82 bits per heavy atom. The van der Waals surface area contributed by atoms with Crippen LogP contribution in [0.15, 0.2) is 0 Å². The molecular weight excluding hydrogens is 418 g/mol. The van der Waals surface area contributed by atoms with E-state index in [2.05, 4.69) is 6.92 Å². The van der Waals surface area contributed by atoms with Crippen molar-refractivity contribution in [3.8, 4) is 6.07 Å². The summed E-state index contributed by atoms with van der Waals surface area (Å²) in [4.78, 5) is 0. The summed E-state index contributed by atoms with van der Waals surface area (Å²) >= 11 is 4.77. The SMILES string of the molecule is CCCCCCCCCCCCS(=O)(=O)C(=S)S(=O)(=O)C(C)(C#N)CCCO. The molecule has 0 heterocycles. The van der Waals surface area contributed by atoms with Crippen LogP contribution < -0.4 is 0 Å². The molecule has 0 aliphatic carbocycles. The van der Waals surface area contributed by atoms with Crippen molar-refractivity contribution in [3.63, 3.8) is 0 Å². The second-order valence-electron chi connectivity index (χ2n) is 7.42. The number of hydrogen-bond acceptors (Lipinski definition) is 7. The largest absolute Gasteiger partial charge is 0.396 e. The van der Waals surface area contributed by atoms with Gasteiger partial charge in [-0.25, -0.2) is 16.8 Å². The van der Waals surface area contributed by atoms with Crippen molar-refractivity contribution in [2.45, 2.75) is 95.6 Å². The van der Waals surface area contributed by atoms with Gasteiger partial charge in [-0.3, -0.25) is 0 Å². The van der Waals surface area contributed by atoms with Crippen LogP contribution in [-0.4, -0.2) is 42.6 Å². The van der Waals surface area contributed by atoms with Gasteiger partial charge in [-0.1, -0.05) is 76.9 Å². The number of nitrogens with zero attached hydrogens (tertiary/aromatic N) is 1. The summed E-state index contributed by atoms with van der Waals surface area (Å²) in [5.74, 6) is -0.316. The summed E-state index contributed by atoms with van der Waals surface area (Å²) in [6.07, 6.45) is 10.2. The third-order valence-corrected chi connectivity index (χ3v) is 11.0. The molecule has 0 aliphatic rings. The predicted molar refractivity (Wildman–Crippen MR) is 117 cm³/mol. The molecule has 0 radical (unpaired) electrons. The minimum Gasteiger partial charge on any atom is -0.396 e. The van der Waals surface area contributed by atoms with Crippen LogP contribution in [0.25, 0.3) is 0 Å². The Hall–Kier alpha value is -0.560. The molecule has 0 bridgehead atoms. The van der Waals surface area contributed by atoms with Gasteiger partial charge < -0.3 is 5.11 Å². The van der Waals surface area contributed by atoms with Crippen LogP contribution in [0.1, 0.15) is 90.9 Å². The van der Waals surface area contributed by atoms with Gasteiger partial charge in [0.1, 0.15) is 0 Å². The van der Waals surface area contributed by atoms with Crippen LogP contribution in [-0.2, 0) is 19.7 Å². The molecule has 6 nitrogen and oxygen atoms in total. The summed E-state index contributed by atoms with van der Waals surface area (Å²) in [7, 11) is -8.59. The highest BCUT2D eigenvalue weighted by molar-refractivity contribution is 8.41. The standard InChI is InChI=1S/C19H35NO5S3/c1-3-4-5-6-7-8-9-10-11-12-16-27(22,23)18(26)28(24,25)19(2,17-20)14-13-15-21/h21H,3-16H2,1-2H3. The normalized spacial score (nSPS) is 14.4. The first kappa shape index (κ1) is 27.4. The van der Waals surface area contributed by atoms with E-state index in [4.69, 9.17) is 17.3 Å². The van der Waals surface area contributed by atoms with Gasteiger partial charge in [0.2, 0.25) is 13.4 Å². The molecule has 28 heavy (non-hydrogen) atoms. The van der Waals surface area contributed by atoms with Crippen LogP contribution >= 0.6 is 12.2 Å². The van der Waals surface area contributed by atoms with Gasteiger partial charge >= 0.3 is 0 Å². The summed E-state index contributed by atoms with van der Waals surface area (Å²) in [5, 5.41) is 18.2. The Morgan fingerprint density at radius 1 is 0.929 bits per heavy atom. The monoisotopic (exact) mass is 453 g/mol. The lowest BCUT2D eigenvalue weighted by Crippen LogP contribution is -2.41. The highest BCUT2D eigenvalue weighted by Gasteiger charge is 2.46. The van der Waals surface area contributed by atoms with E-state index in [-0.39, 0.29) is 25.2 Å². The molecule has 0 aliphatic heterocycles. The molecule has 0 amide bonds. The molecule has 164 valence electrons. The highest BCUT2D eigenvalue weighted by atomic mass is 32.3. The third kappa shape index (κ3) is 8.85. The molecule has 9 heteroatoms. The zero-order valence-corrected chi connectivity index (χ0v) is 19.6. The smallest absolute Gasteiger partial charge is 0.223 e. The number of aliphatic hydroxyl groups is 1. The molecule has 0 rings (SSSR count). The van der Waals surface area contributed by atoms with Gasteiger partial charge in [0.15, 0.2) is 14.6 Å². The van der Waals surface area contributed by atoms with Gasteiger partial charge in [-0.15, -0.1) is 0 Å². The number of sulfone groups is 2. The van der Waals surface area contributed by atoms with E-state index in [1.54, 1.807) is 6.07 Å². The van der Waals surface area contributed by atoms with E-state index < -0.39 is 28.0 Å². The van der Waals surface area contributed by atoms with Crippen LogP contribution in [0.4, 0.5) is 0 Å². The Labute approximate surface area is 176 Å². The Bertz CT molecular complexity index is 710. The number of hydrogen-bond donors (Lipinski definition) is 1. The minimum atomic E-state index is -4.47. The number of aliphatic hydroxyl groups excluding tert-OH is 1. The molecule has 1 unspecified atom stereocenters. The van der Waals surface area contributed by atoms with Gasteiger partial charge in [-0.2, -0.15) is 5.26 Å². The van der Waals surface area contributed by atoms with E-state index in [1.165, 1.54) is 32.1 Å². The summed E-state index contributed by atoms with van der Waals surface area (Å²) in [6.45, 7) is 3.05. The van der Waals surface area contributed by atoms with E-state index in [0.29, 0.717) is 12.8 Å². The zero-order valence-electron chi connectivity index (χ0n) is 17.2. The average Bonchev–Trinajstić information content (AvgIpc) is 2.66. The molecule has 0 aromatic rings. The average molecular weight is 454 g/mol. The molecule has 0 aromatic heterocycles. The first-order valence-electron chi connectivity index (χ1n) is 10.1. The fourth-order valence-electron chi connectivity index (χ4n) is 2.88. The van der Waals surface area contributed by atoms with Crippen molar-refractivity contribution in [3.05, 3.63) is 0 Å². The Morgan fingerprint density at radius 2 is 1.39 bits per heavy atom. The summed E-state index contributed by atoms with van der Waals surface area (Å²) < 4.78 is 46.9. The maximum atomic E-state index is 12.6. The fraction of sp³-hybridized carbons (Fsp3) is 0.895. The Kier molecular flexibility index (Phi) is 13.4. The molecule has 0 fully saturated rings. The summed E-state index contributed by atoms with van der Waals surface area (Å²) in [5.41, 5.74) is 0. The third-order valence-electron chi connectivity index (χ3n) is 4.88. The number of thiocarbonyl (C=S) groups is 1. The molecule has 1 N–H and O–H groups in total. The van der Waals surface area contributed by atoms with Crippen molar-refractivity contribution >= 4 is 35.4 Å². The van der Waals surface area contributed by atoms with Crippen LogP contribution in [0, 0.1) is 11.3 Å². The van der Waals surface area contributed by atoms with Gasteiger partial charge in [0.25, 0.3) is 0 Å². The van der Waals surface area contributed by atoms with Crippen molar-refractivity contribution in [1.82, 2.24) is 0 Å². The van der Waals surface area contributed by atoms with Crippen LogP contribution in [0.5, 0.6) is 0 Å². The molecule has 0 spiro atoms. The quantitative estimate of drug-likeness (QED) is 0.294. The van der Waals surface area contributed by atoms with Crippen molar-refractivity contribution in [2.24, 2.45) is 0 Å². The maximum Gasteiger partial charge on any atom is 0.223 e. The predicted octanol–water partition coefficient (Wildman–Crippen LogP) is 4.08. The van der Waals surface area contributed by atoms with Crippen molar-refractivity contribution in [1.29, 1.82) is 5.26 Å². The lowest BCUT2D eigenvalue weighted by atomic mass is 10.1. The van der Waals surface area contributed by atoms with Crippen LogP contribution in [0.3, 0.4) is 0 Å². The molecule has 0 saturated carbocycles. The molecule has 1 atom stereocenters. The lowest BCUT2D eigenvalue weighted by molar-refractivity contribution is 0.281. The molecule has 0 saturated heterocycles. The second kappa shape index (κ2) is 13.6. The number of unbranched alkanes of at least 4 members (excludes halogenated alkanes) is 9. The van der Waals surface area contributed by atoms with Crippen LogP contribution in [0.2, 0.25) is 0 Å². The van der Waals surface area contributed by atoms with Gasteiger partial charge in [0.05, 0.1) is 11.8 Å². The van der Waals surface area contributed by atoms with Gasteiger partial charge in [0, 0.05) is 6.61 Å². The van der Waals surface area contributed by atoms with Crippen molar-refractivity contribution < 1.29 is 21.9 Å². The number of nitriles is 1. The maximum absolute atomic E-state index is 12.6. The molecule has 0 aromatic carbocycles. The van der Waals surface area contributed by atoms with E-state index in [0.717, 1.165) is 26.2 Å². The van der Waals surface area contributed by atoms with E-state index in [9.17, 15) is 22.1 Å². The second-order valence-corrected chi connectivity index (χ2v) is 13.0. The first-order valence-corrected chi connectivity index (χ1v) is 13.7. The van der Waals surface area contributed by atoms with E-state index >= 15 is 0 Å². The van der Waals surface area contributed by atoms with Crippen molar-refractivity contribution in [2.75, 3.05) is 12.4 Å². The van der Waals surface area contributed by atoms with E-state index in [1.807, 2.05) is 0 Å². The Balaban J connectivity index is 4.50. The lowest BCUT2D eigenvalue weighted by Gasteiger charge is -2.21.